The van der Waals surface area contributed by atoms with Crippen LogP contribution in [0.1, 0.15) is 31.2 Å². The van der Waals surface area contributed by atoms with Gasteiger partial charge < -0.3 is 9.80 Å². The highest BCUT2D eigenvalue weighted by Crippen LogP contribution is 2.42. The maximum absolute atomic E-state index is 13.1. The average Bonchev–Trinajstić information content (AvgIpc) is 3.20. The van der Waals surface area contributed by atoms with E-state index in [0.717, 1.165) is 51.0 Å². The number of piperidine rings is 2. The lowest BCUT2D eigenvalue weighted by molar-refractivity contribution is -0.137. The highest BCUT2D eigenvalue weighted by atomic mass is 19.4. The summed E-state index contributed by atoms with van der Waals surface area (Å²) in [6.07, 6.45) is 2.09. The third kappa shape index (κ3) is 4.49. The highest BCUT2D eigenvalue weighted by Gasteiger charge is 2.39. The van der Waals surface area contributed by atoms with Gasteiger partial charge in [-0.3, -0.25) is 4.98 Å². The Hall–Kier alpha value is -3.05. The fraction of sp³-hybridized carbons (Fsp3) is 0.545. The first-order valence-corrected chi connectivity index (χ1v) is 11.2. The van der Waals surface area contributed by atoms with Crippen molar-refractivity contribution in [1.82, 2.24) is 24.7 Å². The quantitative estimate of drug-likeness (QED) is 0.515. The SMILES string of the molecule is FC(F)Cn1ncc2ncc(N3CCCC4(CCN(c5cncc(C(F)(F)F)c5)CC4)C3)nc21. The fourth-order valence-electron chi connectivity index (χ4n) is 5.06. The minimum Gasteiger partial charge on any atom is -0.370 e. The van der Waals surface area contributed by atoms with Crippen molar-refractivity contribution >= 4 is 22.7 Å². The Morgan fingerprint density at radius 3 is 2.50 bits per heavy atom. The molecule has 0 aromatic carbocycles. The van der Waals surface area contributed by atoms with E-state index in [1.165, 1.54) is 17.1 Å². The molecule has 34 heavy (non-hydrogen) atoms. The van der Waals surface area contributed by atoms with Crippen molar-refractivity contribution in [3.8, 4) is 0 Å². The largest absolute Gasteiger partial charge is 0.417 e. The number of pyridine rings is 1. The number of halogens is 5. The number of anilines is 2. The van der Waals surface area contributed by atoms with Crippen LogP contribution in [0.25, 0.3) is 11.2 Å². The van der Waals surface area contributed by atoms with Crippen LogP contribution in [-0.2, 0) is 12.7 Å². The van der Waals surface area contributed by atoms with Crippen LogP contribution in [-0.4, -0.2) is 57.3 Å². The van der Waals surface area contributed by atoms with Crippen molar-refractivity contribution in [3.05, 3.63) is 36.4 Å². The summed E-state index contributed by atoms with van der Waals surface area (Å²) in [5.41, 5.74) is 0.572. The Kier molecular flexibility index (Phi) is 5.76. The highest BCUT2D eigenvalue weighted by molar-refractivity contribution is 5.71. The number of fused-ring (bicyclic) bond motifs is 1. The van der Waals surface area contributed by atoms with E-state index in [1.54, 1.807) is 6.20 Å². The van der Waals surface area contributed by atoms with E-state index >= 15 is 0 Å². The van der Waals surface area contributed by atoms with Crippen LogP contribution < -0.4 is 9.80 Å². The molecule has 5 heterocycles. The molecule has 0 aliphatic carbocycles. The van der Waals surface area contributed by atoms with Crippen molar-refractivity contribution in [2.75, 3.05) is 36.0 Å². The zero-order valence-electron chi connectivity index (χ0n) is 18.3. The molecule has 0 unspecified atom stereocenters. The summed E-state index contributed by atoms with van der Waals surface area (Å²) in [6.45, 7) is 2.27. The van der Waals surface area contributed by atoms with Crippen LogP contribution >= 0.6 is 0 Å². The van der Waals surface area contributed by atoms with Crippen LogP contribution in [0.3, 0.4) is 0 Å². The second kappa shape index (κ2) is 8.62. The second-order valence-corrected chi connectivity index (χ2v) is 9.10. The molecule has 0 atom stereocenters. The van der Waals surface area contributed by atoms with E-state index in [-0.39, 0.29) is 5.41 Å². The Labute approximate surface area is 192 Å². The van der Waals surface area contributed by atoms with Gasteiger partial charge in [0.2, 0.25) is 0 Å². The number of alkyl halides is 5. The second-order valence-electron chi connectivity index (χ2n) is 9.10. The van der Waals surface area contributed by atoms with E-state index in [1.807, 2.05) is 4.90 Å². The van der Waals surface area contributed by atoms with E-state index < -0.39 is 24.7 Å². The van der Waals surface area contributed by atoms with Crippen LogP contribution in [0, 0.1) is 5.41 Å². The summed E-state index contributed by atoms with van der Waals surface area (Å²) >= 11 is 0. The molecule has 12 heteroatoms. The van der Waals surface area contributed by atoms with Gasteiger partial charge in [-0.05, 0) is 37.2 Å². The molecule has 0 radical (unpaired) electrons. The van der Waals surface area contributed by atoms with Gasteiger partial charge in [0, 0.05) is 32.4 Å². The minimum absolute atomic E-state index is 0.0175. The van der Waals surface area contributed by atoms with Gasteiger partial charge in [0.1, 0.15) is 17.9 Å². The lowest BCUT2D eigenvalue weighted by Crippen LogP contribution is -2.50. The smallest absolute Gasteiger partial charge is 0.370 e. The van der Waals surface area contributed by atoms with Gasteiger partial charge in [-0.1, -0.05) is 0 Å². The first-order chi connectivity index (χ1) is 16.2. The molecule has 2 aliphatic heterocycles. The van der Waals surface area contributed by atoms with E-state index in [0.29, 0.717) is 35.8 Å². The summed E-state index contributed by atoms with van der Waals surface area (Å²) in [5, 5.41) is 3.98. The van der Waals surface area contributed by atoms with Crippen LogP contribution in [0.5, 0.6) is 0 Å². The molecule has 0 amide bonds. The normalized spacial score (nSPS) is 18.9. The third-order valence-corrected chi connectivity index (χ3v) is 6.87. The van der Waals surface area contributed by atoms with Crippen molar-refractivity contribution in [3.63, 3.8) is 0 Å². The standard InChI is InChI=1S/C22H24F5N7/c23-18(24)13-34-20-17(11-30-34)29-12-19(31-20)33-5-1-2-21(14-33)3-6-32(7-4-21)16-8-15(9-28-10-16)22(25,26)27/h8-12,18H,1-7,13-14H2. The Balaban J connectivity index is 1.30. The molecular weight excluding hydrogens is 457 g/mol. The minimum atomic E-state index is -4.42. The molecule has 7 nitrogen and oxygen atoms in total. The molecule has 0 saturated carbocycles. The summed E-state index contributed by atoms with van der Waals surface area (Å²) in [5.74, 6) is 0.632. The third-order valence-electron chi connectivity index (χ3n) is 6.87. The van der Waals surface area contributed by atoms with Crippen molar-refractivity contribution in [1.29, 1.82) is 0 Å². The predicted octanol–water partition coefficient (Wildman–Crippen LogP) is 4.39. The lowest BCUT2D eigenvalue weighted by atomic mass is 9.72. The maximum Gasteiger partial charge on any atom is 0.417 e. The maximum atomic E-state index is 13.1. The van der Waals surface area contributed by atoms with Gasteiger partial charge >= 0.3 is 6.18 Å². The van der Waals surface area contributed by atoms with Gasteiger partial charge in [-0.15, -0.1) is 0 Å². The topological polar surface area (TPSA) is 63.0 Å². The molecular formula is C22H24F5N7. The summed E-state index contributed by atoms with van der Waals surface area (Å²) in [4.78, 5) is 16.8. The monoisotopic (exact) mass is 481 g/mol. The van der Waals surface area contributed by atoms with Gasteiger partial charge in [0.15, 0.2) is 5.65 Å². The van der Waals surface area contributed by atoms with Gasteiger partial charge in [0.25, 0.3) is 6.43 Å². The van der Waals surface area contributed by atoms with Crippen molar-refractivity contribution < 1.29 is 22.0 Å². The molecule has 0 N–H and O–H groups in total. The predicted molar refractivity (Wildman–Crippen MR) is 116 cm³/mol. The fourth-order valence-corrected chi connectivity index (χ4v) is 5.06. The zero-order chi connectivity index (χ0) is 23.9. The van der Waals surface area contributed by atoms with Crippen LogP contribution in [0.2, 0.25) is 0 Å². The van der Waals surface area contributed by atoms with Gasteiger partial charge in [-0.2, -0.15) is 18.3 Å². The van der Waals surface area contributed by atoms with E-state index in [4.69, 9.17) is 0 Å². The number of rotatable bonds is 4. The molecule has 1 spiro atoms. The van der Waals surface area contributed by atoms with Crippen molar-refractivity contribution in [2.45, 2.75) is 44.8 Å². The molecule has 2 fully saturated rings. The van der Waals surface area contributed by atoms with Crippen LogP contribution in [0.4, 0.5) is 33.5 Å². The molecule has 3 aromatic rings. The first kappa shape index (κ1) is 22.7. The molecule has 2 aliphatic rings. The molecule has 2 saturated heterocycles. The number of hydrogen-bond acceptors (Lipinski definition) is 6. The molecule has 3 aromatic heterocycles. The molecule has 5 rings (SSSR count). The number of hydrogen-bond donors (Lipinski definition) is 0. The first-order valence-electron chi connectivity index (χ1n) is 11.2. The van der Waals surface area contributed by atoms with Gasteiger partial charge in [0.05, 0.1) is 29.8 Å². The molecule has 0 bridgehead atoms. The Morgan fingerprint density at radius 1 is 0.971 bits per heavy atom. The lowest BCUT2D eigenvalue weighted by Gasteiger charge is -2.48. The molecule has 182 valence electrons. The Bertz CT molecular complexity index is 1150. The average molecular weight is 481 g/mol. The summed E-state index contributed by atoms with van der Waals surface area (Å²) < 4.78 is 66.1. The number of aromatic nitrogens is 5. The van der Waals surface area contributed by atoms with Gasteiger partial charge in [-0.25, -0.2) is 23.4 Å². The zero-order valence-corrected chi connectivity index (χ0v) is 18.3. The van der Waals surface area contributed by atoms with E-state index in [2.05, 4.69) is 25.0 Å². The van der Waals surface area contributed by atoms with Crippen molar-refractivity contribution in [2.24, 2.45) is 5.41 Å². The van der Waals surface area contributed by atoms with E-state index in [9.17, 15) is 22.0 Å². The number of nitrogens with zero attached hydrogens (tertiary/aromatic N) is 7. The van der Waals surface area contributed by atoms with Crippen LogP contribution in [0.15, 0.2) is 30.9 Å². The Morgan fingerprint density at radius 2 is 1.76 bits per heavy atom. The summed E-state index contributed by atoms with van der Waals surface area (Å²) in [6, 6.07) is 1.16. The summed E-state index contributed by atoms with van der Waals surface area (Å²) in [7, 11) is 0.